The van der Waals surface area contributed by atoms with E-state index in [0.29, 0.717) is 0 Å². The predicted molar refractivity (Wildman–Crippen MR) is 146 cm³/mol. The smallest absolute Gasteiger partial charge is 0.347 e. The van der Waals surface area contributed by atoms with Crippen LogP contribution >= 0.6 is 11.6 Å². The number of hydrogen-bond acceptors (Lipinski definition) is 9. The highest BCUT2D eigenvalue weighted by atomic mass is 35.5. The number of carbonyl (C=O) groups is 5. The van der Waals surface area contributed by atoms with Crippen LogP contribution in [0.2, 0.25) is 0 Å². The summed E-state index contributed by atoms with van der Waals surface area (Å²) in [4.78, 5) is 57.4. The molecule has 0 saturated carbocycles. The van der Waals surface area contributed by atoms with Crippen LogP contribution in [0.4, 0.5) is 0 Å². The molecule has 41 heavy (non-hydrogen) atoms. The Hall–Kier alpha value is -5.48. The zero-order valence-corrected chi connectivity index (χ0v) is 22.0. The molecule has 0 aliphatic rings. The molecular formula is C30H21ClO10. The van der Waals surface area contributed by atoms with E-state index in [2.05, 4.69) is 0 Å². The van der Waals surface area contributed by atoms with Gasteiger partial charge in [-0.1, -0.05) is 48.5 Å². The van der Waals surface area contributed by atoms with E-state index in [4.69, 9.17) is 30.9 Å². The molecule has 2 N–H and O–H groups in total. The van der Waals surface area contributed by atoms with Gasteiger partial charge in [-0.05, 0) is 60.1 Å². The minimum Gasteiger partial charge on any atom is -0.507 e. The molecule has 0 radical (unpaired) electrons. The third-order valence-corrected chi connectivity index (χ3v) is 5.31. The number of halogens is 1. The molecule has 0 fully saturated rings. The first-order chi connectivity index (χ1) is 19.6. The molecule has 0 atom stereocenters. The first-order valence-corrected chi connectivity index (χ1v) is 12.1. The summed E-state index contributed by atoms with van der Waals surface area (Å²) >= 11 is 5.44. The van der Waals surface area contributed by atoms with Crippen LogP contribution in [0.3, 0.4) is 0 Å². The second kappa shape index (κ2) is 14.1. The number of aromatic hydroxyl groups is 1. The Morgan fingerprint density at radius 1 is 0.561 bits per heavy atom. The van der Waals surface area contributed by atoms with E-state index in [1.54, 1.807) is 42.5 Å². The highest BCUT2D eigenvalue weighted by Gasteiger charge is 2.19. The van der Waals surface area contributed by atoms with Crippen molar-refractivity contribution in [1.82, 2.24) is 0 Å². The van der Waals surface area contributed by atoms with Gasteiger partial charge in [-0.15, -0.1) is 0 Å². The number of phenolic OH excluding ortho intramolecular Hbond substituents is 1. The summed E-state index contributed by atoms with van der Waals surface area (Å²) in [6.07, 6.45) is 0. The van der Waals surface area contributed by atoms with Crippen molar-refractivity contribution in [1.29, 1.82) is 0 Å². The molecule has 0 saturated heterocycles. The number of aromatic carboxylic acids is 1. The summed E-state index contributed by atoms with van der Waals surface area (Å²) in [5, 5.41) is 17.7. The van der Waals surface area contributed by atoms with Crippen LogP contribution in [0.25, 0.3) is 0 Å². The number of ether oxygens (including phenoxy) is 3. The van der Waals surface area contributed by atoms with Gasteiger partial charge in [0.25, 0.3) is 5.24 Å². The molecule has 0 aromatic heterocycles. The molecule has 4 aromatic rings. The lowest BCUT2D eigenvalue weighted by atomic mass is 10.2. The summed E-state index contributed by atoms with van der Waals surface area (Å²) in [6.45, 7) is 1.23. The number of esters is 3. The van der Waals surface area contributed by atoms with E-state index in [-0.39, 0.29) is 45.3 Å². The average Bonchev–Trinajstić information content (AvgIpc) is 2.94. The summed E-state index contributed by atoms with van der Waals surface area (Å²) < 4.78 is 15.1. The lowest BCUT2D eigenvalue weighted by Gasteiger charge is -2.10. The number of phenols is 1. The van der Waals surface area contributed by atoms with Crippen molar-refractivity contribution in [2.75, 3.05) is 0 Å². The average molecular weight is 577 g/mol. The Morgan fingerprint density at radius 2 is 0.951 bits per heavy atom. The van der Waals surface area contributed by atoms with E-state index < -0.39 is 29.1 Å². The van der Waals surface area contributed by atoms with Crippen LogP contribution in [0, 0.1) is 0 Å². The van der Waals surface area contributed by atoms with Crippen molar-refractivity contribution < 1.29 is 48.4 Å². The Bertz CT molecular complexity index is 1610. The molecule has 4 rings (SSSR count). The Morgan fingerprint density at radius 3 is 1.44 bits per heavy atom. The monoisotopic (exact) mass is 576 g/mol. The highest BCUT2D eigenvalue weighted by molar-refractivity contribution is 6.68. The molecule has 0 aliphatic carbocycles. The van der Waals surface area contributed by atoms with E-state index in [1.165, 1.54) is 61.5 Å². The third-order valence-electron chi connectivity index (χ3n) is 5.11. The van der Waals surface area contributed by atoms with Crippen LogP contribution in [0.5, 0.6) is 23.0 Å². The van der Waals surface area contributed by atoms with Crippen molar-refractivity contribution in [3.8, 4) is 23.0 Å². The topological polar surface area (TPSA) is 154 Å². The highest BCUT2D eigenvalue weighted by Crippen LogP contribution is 2.25. The van der Waals surface area contributed by atoms with Gasteiger partial charge in [-0.2, -0.15) is 0 Å². The summed E-state index contributed by atoms with van der Waals surface area (Å²) in [5.74, 6) is -3.50. The van der Waals surface area contributed by atoms with Gasteiger partial charge < -0.3 is 24.4 Å². The Balaban J connectivity index is 0.000000228. The van der Waals surface area contributed by atoms with Crippen LogP contribution in [0.1, 0.15) is 48.4 Å². The molecule has 10 nitrogen and oxygen atoms in total. The van der Waals surface area contributed by atoms with Gasteiger partial charge in [0.15, 0.2) is 0 Å². The molecule has 0 spiro atoms. The van der Waals surface area contributed by atoms with E-state index >= 15 is 0 Å². The van der Waals surface area contributed by atoms with Crippen LogP contribution < -0.4 is 14.2 Å². The summed E-state index contributed by atoms with van der Waals surface area (Å²) in [6, 6.07) is 23.9. The maximum atomic E-state index is 12.2. The molecule has 0 unspecified atom stereocenters. The van der Waals surface area contributed by atoms with Crippen molar-refractivity contribution in [3.05, 3.63) is 119 Å². The molecule has 0 bridgehead atoms. The number of carbonyl (C=O) groups excluding carboxylic acids is 4. The number of benzene rings is 4. The maximum Gasteiger partial charge on any atom is 0.347 e. The standard InChI is InChI=1S/C16H11ClO5.C14H10O5/c1-10(18)21-14-9-5-3-7-12(14)16(20)22-13-8-4-2-6-11(13)15(17)19;15-11-7-3-1-5-9(11)14(18)19-12-8-4-2-6-10(12)13(16)17/h2-9H,1H3;1-8,15H,(H,16,17). The largest absolute Gasteiger partial charge is 0.507 e. The number of rotatable bonds is 7. The SMILES string of the molecule is CC(=O)Oc1ccccc1C(=O)Oc1ccccc1C(=O)Cl.O=C(Oc1ccccc1C(=O)O)c1ccccc1O. The zero-order chi connectivity index (χ0) is 29.9. The van der Waals surface area contributed by atoms with Gasteiger partial charge in [-0.3, -0.25) is 9.59 Å². The zero-order valence-electron chi connectivity index (χ0n) is 21.3. The summed E-state index contributed by atoms with van der Waals surface area (Å²) in [7, 11) is 0. The van der Waals surface area contributed by atoms with E-state index in [0.717, 1.165) is 0 Å². The fourth-order valence-electron chi connectivity index (χ4n) is 3.29. The molecule has 11 heteroatoms. The van der Waals surface area contributed by atoms with Crippen LogP contribution in [-0.2, 0) is 4.79 Å². The molecular weight excluding hydrogens is 556 g/mol. The summed E-state index contributed by atoms with van der Waals surface area (Å²) in [5.41, 5.74) is -0.00836. The fraction of sp³-hybridized carbons (Fsp3) is 0.0333. The molecule has 0 heterocycles. The van der Waals surface area contributed by atoms with Crippen molar-refractivity contribution >= 4 is 40.7 Å². The minimum atomic E-state index is -1.19. The number of carboxylic acid groups (broad SMARTS) is 1. The lowest BCUT2D eigenvalue weighted by Crippen LogP contribution is -2.13. The van der Waals surface area contributed by atoms with Gasteiger partial charge in [-0.25, -0.2) is 14.4 Å². The van der Waals surface area contributed by atoms with Crippen LogP contribution in [-0.4, -0.2) is 39.3 Å². The second-order valence-corrected chi connectivity index (χ2v) is 8.30. The van der Waals surface area contributed by atoms with Crippen molar-refractivity contribution in [3.63, 3.8) is 0 Å². The van der Waals surface area contributed by atoms with Crippen molar-refractivity contribution in [2.24, 2.45) is 0 Å². The third kappa shape index (κ3) is 8.25. The van der Waals surface area contributed by atoms with Gasteiger partial charge in [0.1, 0.15) is 39.7 Å². The second-order valence-electron chi connectivity index (χ2n) is 7.96. The Kier molecular flexibility index (Phi) is 10.3. The quantitative estimate of drug-likeness (QED) is 0.163. The number of para-hydroxylation sites is 4. The predicted octanol–water partition coefficient (Wildman–Crippen LogP) is 5.52. The lowest BCUT2D eigenvalue weighted by molar-refractivity contribution is -0.131. The first kappa shape index (κ1) is 30.1. The normalized spacial score (nSPS) is 9.90. The molecule has 4 aromatic carbocycles. The molecule has 0 aliphatic heterocycles. The number of hydrogen-bond donors (Lipinski definition) is 2. The number of carboxylic acids is 1. The fourth-order valence-corrected chi connectivity index (χ4v) is 3.44. The van der Waals surface area contributed by atoms with Gasteiger partial charge in [0, 0.05) is 6.92 Å². The van der Waals surface area contributed by atoms with Gasteiger partial charge >= 0.3 is 23.9 Å². The van der Waals surface area contributed by atoms with E-state index in [9.17, 15) is 29.1 Å². The van der Waals surface area contributed by atoms with Crippen LogP contribution in [0.15, 0.2) is 97.1 Å². The first-order valence-electron chi connectivity index (χ1n) is 11.7. The molecule has 0 amide bonds. The van der Waals surface area contributed by atoms with Crippen molar-refractivity contribution in [2.45, 2.75) is 6.92 Å². The van der Waals surface area contributed by atoms with E-state index in [1.807, 2.05) is 0 Å². The molecule has 208 valence electrons. The van der Waals surface area contributed by atoms with Gasteiger partial charge in [0.2, 0.25) is 0 Å². The maximum absolute atomic E-state index is 12.2. The Labute approximate surface area is 238 Å². The minimum absolute atomic E-state index is 0.0253. The van der Waals surface area contributed by atoms with Gasteiger partial charge in [0.05, 0.1) is 5.56 Å².